The summed E-state index contributed by atoms with van der Waals surface area (Å²) >= 11 is 1.49. The number of carbonyl (C=O) groups excluding carboxylic acids is 1. The Kier molecular flexibility index (Phi) is 7.27. The SMILES string of the molecule is COc1ccc(-c2nnc(SC(C(=O)NC3CC3)c3ccccc3)n2C2CCCCC2)cc1OC. The lowest BCUT2D eigenvalue weighted by Crippen LogP contribution is -2.30. The highest BCUT2D eigenvalue weighted by Crippen LogP contribution is 2.42. The van der Waals surface area contributed by atoms with Crippen LogP contribution in [0.5, 0.6) is 11.5 Å². The third-order valence-electron chi connectivity index (χ3n) is 6.73. The average molecular weight is 493 g/mol. The Morgan fingerprint density at radius 2 is 1.71 bits per heavy atom. The maximum atomic E-state index is 13.3. The van der Waals surface area contributed by atoms with Crippen molar-refractivity contribution in [1.29, 1.82) is 0 Å². The van der Waals surface area contributed by atoms with Crippen molar-refractivity contribution in [3.63, 3.8) is 0 Å². The van der Waals surface area contributed by atoms with Crippen LogP contribution in [0.2, 0.25) is 0 Å². The number of hydrogen-bond acceptors (Lipinski definition) is 6. The minimum absolute atomic E-state index is 0.0366. The van der Waals surface area contributed by atoms with Gasteiger partial charge in [0.2, 0.25) is 5.91 Å². The first-order chi connectivity index (χ1) is 17.2. The molecule has 5 rings (SSSR count). The molecule has 0 aliphatic heterocycles. The molecule has 1 amide bonds. The number of aromatic nitrogens is 3. The number of ether oxygens (including phenoxy) is 2. The van der Waals surface area contributed by atoms with Crippen LogP contribution in [-0.2, 0) is 4.79 Å². The van der Waals surface area contributed by atoms with Gasteiger partial charge in [-0.15, -0.1) is 10.2 Å². The van der Waals surface area contributed by atoms with Crippen LogP contribution < -0.4 is 14.8 Å². The van der Waals surface area contributed by atoms with Crippen LogP contribution in [0, 0.1) is 0 Å². The topological polar surface area (TPSA) is 78.3 Å². The van der Waals surface area contributed by atoms with Gasteiger partial charge in [-0.05, 0) is 49.4 Å². The van der Waals surface area contributed by atoms with Crippen LogP contribution in [0.1, 0.15) is 61.8 Å². The number of benzene rings is 2. The van der Waals surface area contributed by atoms with Crippen molar-refractivity contribution >= 4 is 17.7 Å². The van der Waals surface area contributed by atoms with Gasteiger partial charge in [0, 0.05) is 17.6 Å². The summed E-state index contributed by atoms with van der Waals surface area (Å²) in [5.41, 5.74) is 1.90. The molecule has 2 saturated carbocycles. The third-order valence-corrected chi connectivity index (χ3v) is 7.94. The Labute approximate surface area is 210 Å². The molecule has 2 aliphatic carbocycles. The fraction of sp³-hybridized carbons (Fsp3) is 0.444. The molecule has 1 N–H and O–H groups in total. The molecule has 2 fully saturated rings. The number of amides is 1. The Morgan fingerprint density at radius 1 is 0.971 bits per heavy atom. The van der Waals surface area contributed by atoms with Gasteiger partial charge in [0.15, 0.2) is 22.5 Å². The largest absolute Gasteiger partial charge is 0.493 e. The van der Waals surface area contributed by atoms with Crippen molar-refractivity contribution in [3.05, 3.63) is 54.1 Å². The van der Waals surface area contributed by atoms with Gasteiger partial charge in [-0.1, -0.05) is 61.4 Å². The number of nitrogens with zero attached hydrogens (tertiary/aromatic N) is 3. The molecule has 0 saturated heterocycles. The fourth-order valence-corrected chi connectivity index (χ4v) is 5.82. The highest BCUT2D eigenvalue weighted by atomic mass is 32.2. The van der Waals surface area contributed by atoms with Crippen LogP contribution in [0.3, 0.4) is 0 Å². The predicted octanol–water partition coefficient (Wildman–Crippen LogP) is 5.58. The minimum Gasteiger partial charge on any atom is -0.493 e. The van der Waals surface area contributed by atoms with Gasteiger partial charge in [-0.25, -0.2) is 0 Å². The summed E-state index contributed by atoms with van der Waals surface area (Å²) in [6.45, 7) is 0. The van der Waals surface area contributed by atoms with Gasteiger partial charge in [-0.3, -0.25) is 9.36 Å². The maximum absolute atomic E-state index is 13.3. The van der Waals surface area contributed by atoms with Gasteiger partial charge in [0.25, 0.3) is 0 Å². The molecule has 7 nitrogen and oxygen atoms in total. The molecule has 8 heteroatoms. The maximum Gasteiger partial charge on any atom is 0.238 e. The van der Waals surface area contributed by atoms with E-state index in [1.807, 2.05) is 48.5 Å². The van der Waals surface area contributed by atoms with E-state index in [1.165, 1.54) is 31.0 Å². The van der Waals surface area contributed by atoms with Crippen LogP contribution in [0.15, 0.2) is 53.7 Å². The number of nitrogens with one attached hydrogen (secondary N) is 1. The molecular formula is C27H32N4O3S. The number of hydrogen-bond donors (Lipinski definition) is 1. The summed E-state index contributed by atoms with van der Waals surface area (Å²) in [5, 5.41) is 12.9. The van der Waals surface area contributed by atoms with Crippen LogP contribution in [0.25, 0.3) is 11.4 Å². The van der Waals surface area contributed by atoms with Crippen molar-refractivity contribution < 1.29 is 14.3 Å². The summed E-state index contributed by atoms with van der Waals surface area (Å²) in [7, 11) is 3.27. The molecule has 35 heavy (non-hydrogen) atoms. The molecule has 184 valence electrons. The molecule has 0 radical (unpaired) electrons. The second kappa shape index (κ2) is 10.7. The van der Waals surface area contributed by atoms with Gasteiger partial charge in [-0.2, -0.15) is 0 Å². The van der Waals surface area contributed by atoms with E-state index in [4.69, 9.17) is 9.47 Å². The monoisotopic (exact) mass is 492 g/mol. The van der Waals surface area contributed by atoms with E-state index in [1.54, 1.807) is 14.2 Å². The third kappa shape index (κ3) is 5.32. The normalized spacial score (nSPS) is 17.1. The van der Waals surface area contributed by atoms with E-state index < -0.39 is 0 Å². The molecule has 1 unspecified atom stereocenters. The van der Waals surface area contributed by atoms with Crippen LogP contribution >= 0.6 is 11.8 Å². The van der Waals surface area contributed by atoms with E-state index in [9.17, 15) is 4.79 Å². The first kappa shape index (κ1) is 23.7. The lowest BCUT2D eigenvalue weighted by atomic mass is 9.95. The van der Waals surface area contributed by atoms with E-state index in [0.717, 1.165) is 47.8 Å². The molecule has 0 spiro atoms. The zero-order valence-corrected chi connectivity index (χ0v) is 21.1. The average Bonchev–Trinajstić information content (AvgIpc) is 3.63. The zero-order chi connectivity index (χ0) is 24.2. The Bertz CT molecular complexity index is 1160. The second-order valence-electron chi connectivity index (χ2n) is 9.23. The van der Waals surface area contributed by atoms with Gasteiger partial charge in [0.05, 0.1) is 14.2 Å². The summed E-state index contributed by atoms with van der Waals surface area (Å²) in [6, 6.07) is 16.4. The van der Waals surface area contributed by atoms with Gasteiger partial charge in [0.1, 0.15) is 5.25 Å². The van der Waals surface area contributed by atoms with Gasteiger partial charge < -0.3 is 14.8 Å². The van der Waals surface area contributed by atoms with Crippen molar-refractivity contribution in [1.82, 2.24) is 20.1 Å². The van der Waals surface area contributed by atoms with E-state index in [-0.39, 0.29) is 11.2 Å². The summed E-state index contributed by atoms with van der Waals surface area (Å²) in [4.78, 5) is 13.3. The molecule has 1 aromatic heterocycles. The Balaban J connectivity index is 1.54. The molecule has 2 aromatic carbocycles. The standard InChI is InChI=1S/C27H32N4O3S/c1-33-22-16-13-19(17-23(22)34-2)25-29-30-27(31(25)21-11-7-4-8-12-21)35-24(18-9-5-3-6-10-18)26(32)28-20-14-15-20/h3,5-6,9-10,13,16-17,20-21,24H,4,7-8,11-12,14-15H2,1-2H3,(H,28,32). The minimum atomic E-state index is -0.387. The highest BCUT2D eigenvalue weighted by Gasteiger charge is 2.32. The molecule has 1 heterocycles. The Morgan fingerprint density at radius 3 is 2.40 bits per heavy atom. The van der Waals surface area contributed by atoms with Crippen molar-refractivity contribution in [2.75, 3.05) is 14.2 Å². The first-order valence-electron chi connectivity index (χ1n) is 12.4. The smallest absolute Gasteiger partial charge is 0.238 e. The lowest BCUT2D eigenvalue weighted by Gasteiger charge is -2.26. The van der Waals surface area contributed by atoms with E-state index in [0.29, 0.717) is 23.6 Å². The molecule has 0 bridgehead atoms. The van der Waals surface area contributed by atoms with E-state index in [2.05, 4.69) is 20.1 Å². The number of thioether (sulfide) groups is 1. The lowest BCUT2D eigenvalue weighted by molar-refractivity contribution is -0.120. The number of carbonyl (C=O) groups is 1. The number of rotatable bonds is 9. The van der Waals surface area contributed by atoms with E-state index >= 15 is 0 Å². The molecule has 3 aromatic rings. The van der Waals surface area contributed by atoms with Crippen LogP contribution in [0.4, 0.5) is 0 Å². The predicted molar refractivity (Wildman–Crippen MR) is 137 cm³/mol. The zero-order valence-electron chi connectivity index (χ0n) is 20.3. The summed E-state index contributed by atoms with van der Waals surface area (Å²) < 4.78 is 13.2. The fourth-order valence-electron chi connectivity index (χ4n) is 4.71. The number of methoxy groups -OCH3 is 2. The van der Waals surface area contributed by atoms with Crippen LogP contribution in [-0.4, -0.2) is 40.9 Å². The molecular weight excluding hydrogens is 460 g/mol. The molecule has 2 aliphatic rings. The van der Waals surface area contributed by atoms with Gasteiger partial charge >= 0.3 is 0 Å². The second-order valence-corrected chi connectivity index (χ2v) is 10.3. The quantitative estimate of drug-likeness (QED) is 0.393. The van der Waals surface area contributed by atoms with Crippen molar-refractivity contribution in [3.8, 4) is 22.9 Å². The molecule has 1 atom stereocenters. The Hall–Kier alpha value is -3.00. The first-order valence-corrected chi connectivity index (χ1v) is 13.2. The van der Waals surface area contributed by atoms with Crippen molar-refractivity contribution in [2.24, 2.45) is 0 Å². The summed E-state index contributed by atoms with van der Waals surface area (Å²) in [6.07, 6.45) is 7.89. The van der Waals surface area contributed by atoms with Crippen molar-refractivity contribution in [2.45, 2.75) is 67.4 Å². The highest BCUT2D eigenvalue weighted by molar-refractivity contribution is 8.00. The summed E-state index contributed by atoms with van der Waals surface area (Å²) in [5.74, 6) is 2.17.